The molecule has 0 amide bonds. The van der Waals surface area contributed by atoms with E-state index in [1.807, 2.05) is 26.2 Å². The Bertz CT molecular complexity index is 540. The fourth-order valence-corrected chi connectivity index (χ4v) is 12.3. The molecule has 0 radical (unpaired) electrons. The number of ether oxygens (including phenoxy) is 4. The molecule has 29 heavy (non-hydrogen) atoms. The Morgan fingerprint density at radius 1 is 0.621 bits per heavy atom. The van der Waals surface area contributed by atoms with Gasteiger partial charge in [0.2, 0.25) is 0 Å². The van der Waals surface area contributed by atoms with Crippen LogP contribution in [-0.2, 0) is 42.2 Å². The van der Waals surface area contributed by atoms with Crippen molar-refractivity contribution in [1.29, 1.82) is 0 Å². The number of esters is 4. The highest BCUT2D eigenvalue weighted by Gasteiger charge is 2.38. The summed E-state index contributed by atoms with van der Waals surface area (Å²) in [5.74, 6) is -1.82. The lowest BCUT2D eigenvalue weighted by Gasteiger charge is -2.37. The Morgan fingerprint density at radius 3 is 1.17 bits per heavy atom. The quantitative estimate of drug-likeness (QED) is 0.251. The second-order valence-electron chi connectivity index (χ2n) is 8.10. The molecule has 0 aliphatic carbocycles. The third-order valence-electron chi connectivity index (χ3n) is 3.60. The van der Waals surface area contributed by atoms with Crippen LogP contribution in [0.4, 0.5) is 0 Å². The number of hydrogen-bond donors (Lipinski definition) is 0. The minimum atomic E-state index is -2.35. The van der Waals surface area contributed by atoms with Crippen LogP contribution in [0.15, 0.2) is 0 Å². The molecule has 168 valence electrons. The van der Waals surface area contributed by atoms with Gasteiger partial charge < -0.3 is 23.1 Å². The molecule has 0 saturated heterocycles. The molecule has 11 heteroatoms. The highest BCUT2D eigenvalue weighted by atomic mass is 28.4. The minimum absolute atomic E-state index is 0.0286. The lowest BCUT2D eigenvalue weighted by molar-refractivity contribution is -0.155. The predicted molar refractivity (Wildman–Crippen MR) is 110 cm³/mol. The Labute approximate surface area is 174 Å². The molecular formula is C18H34O9Si2. The maximum atomic E-state index is 11.4. The highest BCUT2D eigenvalue weighted by Crippen LogP contribution is 2.26. The second-order valence-corrected chi connectivity index (χ2v) is 16.8. The SMILES string of the molecule is CC(=O)OCC(C[Si](C)(C)O[Si](C)(C)CC(COC(C)=O)OC(C)=O)OC(C)=O. The Kier molecular flexibility index (Phi) is 11.4. The zero-order valence-electron chi connectivity index (χ0n) is 18.7. The van der Waals surface area contributed by atoms with Crippen LogP contribution < -0.4 is 0 Å². The number of carbonyl (C=O) groups excluding carboxylic acids is 4. The van der Waals surface area contributed by atoms with Gasteiger partial charge in [0.25, 0.3) is 0 Å². The normalized spacial score (nSPS) is 13.8. The summed E-state index contributed by atoms with van der Waals surface area (Å²) in [6.45, 7) is 13.1. The zero-order chi connectivity index (χ0) is 22.8. The minimum Gasteiger partial charge on any atom is -0.462 e. The van der Waals surface area contributed by atoms with Crippen LogP contribution in [0.3, 0.4) is 0 Å². The van der Waals surface area contributed by atoms with Crippen molar-refractivity contribution < 1.29 is 42.2 Å². The third-order valence-corrected chi connectivity index (χ3v) is 10.9. The van der Waals surface area contributed by atoms with E-state index in [2.05, 4.69) is 0 Å². The zero-order valence-corrected chi connectivity index (χ0v) is 20.7. The molecule has 2 atom stereocenters. The smallest absolute Gasteiger partial charge is 0.303 e. The lowest BCUT2D eigenvalue weighted by atomic mass is 10.4. The first kappa shape index (κ1) is 27.3. The van der Waals surface area contributed by atoms with E-state index < -0.39 is 52.7 Å². The summed E-state index contributed by atoms with van der Waals surface area (Å²) in [5.41, 5.74) is 0. The molecule has 0 aromatic rings. The summed E-state index contributed by atoms with van der Waals surface area (Å²) in [4.78, 5) is 44.9. The molecule has 0 saturated carbocycles. The van der Waals surface area contributed by atoms with E-state index in [0.29, 0.717) is 12.1 Å². The van der Waals surface area contributed by atoms with Crippen molar-refractivity contribution in [2.75, 3.05) is 13.2 Å². The van der Waals surface area contributed by atoms with Gasteiger partial charge in [-0.1, -0.05) is 0 Å². The van der Waals surface area contributed by atoms with Crippen LogP contribution in [0.1, 0.15) is 27.7 Å². The monoisotopic (exact) mass is 450 g/mol. The van der Waals surface area contributed by atoms with Crippen molar-refractivity contribution in [2.24, 2.45) is 0 Å². The summed E-state index contributed by atoms with van der Waals surface area (Å²) in [5, 5.41) is 0. The molecule has 0 heterocycles. The van der Waals surface area contributed by atoms with Gasteiger partial charge >= 0.3 is 23.9 Å². The molecule has 0 aromatic heterocycles. The van der Waals surface area contributed by atoms with E-state index in [-0.39, 0.29) is 13.2 Å². The molecule has 0 fully saturated rings. The van der Waals surface area contributed by atoms with Crippen molar-refractivity contribution in [3.05, 3.63) is 0 Å². The molecule has 0 spiro atoms. The summed E-state index contributed by atoms with van der Waals surface area (Å²) < 4.78 is 27.0. The van der Waals surface area contributed by atoms with Crippen LogP contribution in [0.5, 0.6) is 0 Å². The van der Waals surface area contributed by atoms with Crippen LogP contribution in [0, 0.1) is 0 Å². The van der Waals surface area contributed by atoms with Crippen molar-refractivity contribution >= 4 is 40.5 Å². The number of rotatable bonds is 12. The third kappa shape index (κ3) is 14.9. The molecule has 0 aromatic carbocycles. The molecule has 9 nitrogen and oxygen atoms in total. The first-order chi connectivity index (χ1) is 13.1. The van der Waals surface area contributed by atoms with E-state index in [1.54, 1.807) is 0 Å². The average molecular weight is 451 g/mol. The highest BCUT2D eigenvalue weighted by molar-refractivity contribution is 6.85. The summed E-state index contributed by atoms with van der Waals surface area (Å²) in [7, 11) is -4.69. The standard InChI is InChI=1S/C18H34O9Si2/c1-13(19)23-9-17(25-15(3)21)11-28(5,6)27-29(7,8)12-18(26-16(4)22)10-24-14(2)20/h17-18H,9-12H2,1-8H3. The van der Waals surface area contributed by atoms with Crippen LogP contribution in [-0.4, -0.2) is 65.9 Å². The fourth-order valence-electron chi connectivity index (χ4n) is 3.09. The van der Waals surface area contributed by atoms with Crippen molar-refractivity contribution in [3.63, 3.8) is 0 Å². The maximum absolute atomic E-state index is 11.4. The van der Waals surface area contributed by atoms with E-state index >= 15 is 0 Å². The molecule has 0 bridgehead atoms. The van der Waals surface area contributed by atoms with Gasteiger partial charge in [0, 0.05) is 39.8 Å². The van der Waals surface area contributed by atoms with Gasteiger partial charge in [0.1, 0.15) is 25.4 Å². The van der Waals surface area contributed by atoms with Gasteiger partial charge in [-0.2, -0.15) is 0 Å². The second kappa shape index (κ2) is 12.1. The topological polar surface area (TPSA) is 114 Å². The predicted octanol–water partition coefficient (Wildman–Crippen LogP) is 2.40. The molecule has 0 N–H and O–H groups in total. The molecule has 0 aliphatic heterocycles. The van der Waals surface area contributed by atoms with Gasteiger partial charge in [0.05, 0.1) is 0 Å². The van der Waals surface area contributed by atoms with Crippen LogP contribution >= 0.6 is 0 Å². The van der Waals surface area contributed by atoms with Crippen molar-refractivity contribution in [1.82, 2.24) is 0 Å². The first-order valence-electron chi connectivity index (χ1n) is 9.43. The number of carbonyl (C=O) groups is 4. The molecule has 0 aliphatic rings. The molecule has 0 rings (SSSR count). The van der Waals surface area contributed by atoms with Gasteiger partial charge in [-0.05, 0) is 26.2 Å². The van der Waals surface area contributed by atoms with Gasteiger partial charge in [-0.15, -0.1) is 0 Å². The summed E-state index contributed by atoms with van der Waals surface area (Å²) >= 11 is 0. The molecular weight excluding hydrogens is 416 g/mol. The van der Waals surface area contributed by atoms with E-state index in [1.165, 1.54) is 27.7 Å². The van der Waals surface area contributed by atoms with Crippen LogP contribution in [0.2, 0.25) is 38.3 Å². The van der Waals surface area contributed by atoms with Gasteiger partial charge in [-0.3, -0.25) is 19.2 Å². The number of hydrogen-bond acceptors (Lipinski definition) is 9. The van der Waals surface area contributed by atoms with Gasteiger partial charge in [0.15, 0.2) is 16.6 Å². The Hall–Kier alpha value is -1.73. The first-order valence-corrected chi connectivity index (χ1v) is 15.7. The Balaban J connectivity index is 5.09. The van der Waals surface area contributed by atoms with Crippen LogP contribution in [0.25, 0.3) is 0 Å². The van der Waals surface area contributed by atoms with Crippen molar-refractivity contribution in [2.45, 2.75) is 78.2 Å². The lowest BCUT2D eigenvalue weighted by Crippen LogP contribution is -2.49. The largest absolute Gasteiger partial charge is 0.462 e. The molecule has 2 unspecified atom stereocenters. The Morgan fingerprint density at radius 2 is 0.931 bits per heavy atom. The van der Waals surface area contributed by atoms with E-state index in [0.717, 1.165) is 0 Å². The van der Waals surface area contributed by atoms with Gasteiger partial charge in [-0.25, -0.2) is 0 Å². The van der Waals surface area contributed by atoms with E-state index in [9.17, 15) is 19.2 Å². The fraction of sp³-hybridized carbons (Fsp3) is 0.778. The summed E-state index contributed by atoms with van der Waals surface area (Å²) in [6.07, 6.45) is -1.18. The maximum Gasteiger partial charge on any atom is 0.303 e. The average Bonchev–Trinajstić information content (AvgIpc) is 2.47. The van der Waals surface area contributed by atoms with Crippen molar-refractivity contribution in [3.8, 4) is 0 Å². The summed E-state index contributed by atoms with van der Waals surface area (Å²) in [6, 6.07) is 0.886. The van der Waals surface area contributed by atoms with E-state index in [4.69, 9.17) is 23.1 Å².